The Morgan fingerprint density at radius 3 is 2.49 bits per heavy atom. The Morgan fingerprint density at radius 1 is 1.12 bits per heavy atom. The van der Waals surface area contributed by atoms with Crippen molar-refractivity contribution in [3.05, 3.63) is 47.2 Å². The Labute approximate surface area is 234 Å². The Balaban J connectivity index is 1.37. The number of hydrogen-bond donors (Lipinski definition) is 2. The number of carbonyl (C=O) groups is 1. The molecule has 3 heterocycles. The molecule has 1 amide bonds. The number of hydrogen-bond acceptors (Lipinski definition) is 6. The Kier molecular flexibility index (Phi) is 8.36. The summed E-state index contributed by atoms with van der Waals surface area (Å²) in [7, 11) is 0. The molecule has 2 fully saturated rings. The van der Waals surface area contributed by atoms with Gasteiger partial charge in [-0.2, -0.15) is 18.3 Å². The number of fused-ring (bicyclic) bond motifs is 1. The smallest absolute Gasteiger partial charge is 0.361 e. The second-order valence-electron chi connectivity index (χ2n) is 11.7. The van der Waals surface area contributed by atoms with E-state index in [2.05, 4.69) is 20.9 Å². The second kappa shape index (κ2) is 11.7. The summed E-state index contributed by atoms with van der Waals surface area (Å²) in [6.07, 6.45) is 0.840. The minimum atomic E-state index is -4.40. The van der Waals surface area contributed by atoms with Crippen molar-refractivity contribution in [3.63, 3.8) is 0 Å². The third-order valence-corrected chi connectivity index (χ3v) is 8.03. The molecule has 0 spiro atoms. The number of imidazole rings is 1. The van der Waals surface area contributed by atoms with Gasteiger partial charge in [0, 0.05) is 37.3 Å². The maximum Gasteiger partial charge on any atom is 0.389 e. The van der Waals surface area contributed by atoms with Crippen LogP contribution in [0, 0.1) is 11.8 Å². The highest BCUT2D eigenvalue weighted by Gasteiger charge is 2.39. The predicted octanol–water partition coefficient (Wildman–Crippen LogP) is 6.41. The first-order chi connectivity index (χ1) is 19.4. The molecule has 2 aliphatic carbocycles. The predicted molar refractivity (Wildman–Crippen MR) is 139 cm³/mol. The fourth-order valence-corrected chi connectivity index (χ4v) is 5.64. The van der Waals surface area contributed by atoms with Crippen LogP contribution in [0.1, 0.15) is 106 Å². The number of nitrogens with one attached hydrogen (secondary N) is 2. The zero-order valence-electron chi connectivity index (χ0n) is 23.1. The first-order valence-electron chi connectivity index (χ1n) is 14.1. The van der Waals surface area contributed by atoms with E-state index in [1.807, 2.05) is 13.8 Å². The van der Waals surface area contributed by atoms with E-state index in [9.17, 15) is 26.7 Å². The highest BCUT2D eigenvalue weighted by Crippen LogP contribution is 2.43. The van der Waals surface area contributed by atoms with Crippen molar-refractivity contribution in [2.45, 2.75) is 102 Å². The van der Waals surface area contributed by atoms with Gasteiger partial charge in [0.2, 0.25) is 11.8 Å². The van der Waals surface area contributed by atoms with Crippen molar-refractivity contribution in [1.29, 1.82) is 0 Å². The van der Waals surface area contributed by atoms with Crippen molar-refractivity contribution >= 4 is 11.6 Å². The van der Waals surface area contributed by atoms with E-state index in [1.165, 1.54) is 0 Å². The summed E-state index contributed by atoms with van der Waals surface area (Å²) in [5.74, 6) is -2.38. The molecule has 224 valence electrons. The van der Waals surface area contributed by atoms with Crippen molar-refractivity contribution in [2.24, 2.45) is 11.8 Å². The number of alkyl halides is 5. The molecule has 0 aliphatic heterocycles. The lowest BCUT2D eigenvalue weighted by Crippen LogP contribution is -2.34. The SMILES string of the molecule is CC(C)c1oncc1CN[C@H](c1cn2ncc([C@H](NC(=O)CCC(F)(F)F)C3CC3)cc2n1)C1CCC(F)(F)CC1. The van der Waals surface area contributed by atoms with E-state index in [4.69, 9.17) is 9.51 Å². The van der Waals surface area contributed by atoms with Crippen LogP contribution < -0.4 is 10.6 Å². The summed E-state index contributed by atoms with van der Waals surface area (Å²) in [4.78, 5) is 17.1. The largest absolute Gasteiger partial charge is 0.389 e. The van der Waals surface area contributed by atoms with Gasteiger partial charge < -0.3 is 15.2 Å². The van der Waals surface area contributed by atoms with Gasteiger partial charge in [-0.15, -0.1) is 0 Å². The first kappa shape index (κ1) is 29.4. The van der Waals surface area contributed by atoms with Gasteiger partial charge in [-0.1, -0.05) is 19.0 Å². The van der Waals surface area contributed by atoms with Crippen LogP contribution in [0.2, 0.25) is 0 Å². The minimum absolute atomic E-state index is 0.0755. The van der Waals surface area contributed by atoms with Crippen molar-refractivity contribution in [3.8, 4) is 0 Å². The third kappa shape index (κ3) is 7.41. The summed E-state index contributed by atoms with van der Waals surface area (Å²) >= 11 is 0. The van der Waals surface area contributed by atoms with E-state index in [0.29, 0.717) is 36.3 Å². The fraction of sp³-hybridized carbons (Fsp3) is 0.643. The molecule has 3 aromatic rings. The van der Waals surface area contributed by atoms with Crippen LogP contribution in [-0.4, -0.2) is 37.8 Å². The maximum absolute atomic E-state index is 14.0. The Hall–Kier alpha value is -3.09. The maximum atomic E-state index is 14.0. The van der Waals surface area contributed by atoms with Crippen LogP contribution >= 0.6 is 0 Å². The molecule has 41 heavy (non-hydrogen) atoms. The number of halogens is 5. The van der Waals surface area contributed by atoms with Gasteiger partial charge in [-0.05, 0) is 49.1 Å². The van der Waals surface area contributed by atoms with Crippen molar-refractivity contribution in [2.75, 3.05) is 0 Å². The highest BCUT2D eigenvalue weighted by atomic mass is 19.4. The number of nitrogens with zero attached hydrogens (tertiary/aromatic N) is 4. The molecule has 0 bridgehead atoms. The second-order valence-corrected chi connectivity index (χ2v) is 11.7. The lowest BCUT2D eigenvalue weighted by Gasteiger charge is -2.33. The molecule has 2 saturated carbocycles. The summed E-state index contributed by atoms with van der Waals surface area (Å²) < 4.78 is 72.8. The summed E-state index contributed by atoms with van der Waals surface area (Å²) in [5, 5.41) is 14.7. The molecule has 0 aromatic carbocycles. The lowest BCUT2D eigenvalue weighted by molar-refractivity contribution is -0.144. The Morgan fingerprint density at radius 2 is 1.83 bits per heavy atom. The molecular weight excluding hydrogens is 547 g/mol. The number of rotatable bonds is 11. The first-order valence-corrected chi connectivity index (χ1v) is 14.1. The lowest BCUT2D eigenvalue weighted by atomic mass is 9.81. The number of amides is 1. The monoisotopic (exact) mass is 582 g/mol. The van der Waals surface area contributed by atoms with Gasteiger partial charge in [-0.3, -0.25) is 4.79 Å². The molecule has 0 saturated heterocycles. The zero-order valence-corrected chi connectivity index (χ0v) is 23.1. The van der Waals surface area contributed by atoms with Gasteiger partial charge in [0.05, 0.1) is 42.8 Å². The van der Waals surface area contributed by atoms with E-state index in [0.717, 1.165) is 24.2 Å². The van der Waals surface area contributed by atoms with Gasteiger partial charge >= 0.3 is 6.18 Å². The van der Waals surface area contributed by atoms with Crippen LogP contribution in [0.5, 0.6) is 0 Å². The average Bonchev–Trinajstić information content (AvgIpc) is 3.47. The topological polar surface area (TPSA) is 97.4 Å². The van der Waals surface area contributed by atoms with E-state index >= 15 is 0 Å². The fourth-order valence-electron chi connectivity index (χ4n) is 5.64. The zero-order chi connectivity index (χ0) is 29.4. The quantitative estimate of drug-likeness (QED) is 0.254. The van der Waals surface area contributed by atoms with E-state index < -0.39 is 36.9 Å². The summed E-state index contributed by atoms with van der Waals surface area (Å²) in [6.45, 7) is 4.43. The molecule has 2 atom stereocenters. The van der Waals surface area contributed by atoms with Crippen LogP contribution in [0.15, 0.2) is 29.2 Å². The molecular formula is C28H35F5N6O2. The van der Waals surface area contributed by atoms with Crippen molar-refractivity contribution in [1.82, 2.24) is 30.4 Å². The van der Waals surface area contributed by atoms with Crippen LogP contribution in [0.25, 0.3) is 5.65 Å². The Bertz CT molecular complexity index is 1340. The van der Waals surface area contributed by atoms with Crippen LogP contribution in [-0.2, 0) is 11.3 Å². The standard InChI is InChI=1S/C28H35F5N6O2/c1-16(2)26-20(14-36-41-26)12-34-25(18-5-8-27(29,30)9-6-18)21-15-39-22(37-21)11-19(13-35-39)24(17-3-4-17)38-23(40)7-10-28(31,32)33/h11,13-18,24-25,34H,3-10,12H2,1-2H3,(H,38,40)/t24-,25+/m1/s1. The normalized spacial score (nSPS) is 19.5. The van der Waals surface area contributed by atoms with E-state index in [1.54, 1.807) is 29.2 Å². The van der Waals surface area contributed by atoms with Crippen LogP contribution in [0.4, 0.5) is 22.0 Å². The average molecular weight is 583 g/mol. The molecule has 3 aromatic heterocycles. The molecule has 0 unspecified atom stereocenters. The van der Waals surface area contributed by atoms with Crippen LogP contribution in [0.3, 0.4) is 0 Å². The molecule has 2 N–H and O–H groups in total. The van der Waals surface area contributed by atoms with Crippen molar-refractivity contribution < 1.29 is 31.3 Å². The van der Waals surface area contributed by atoms with E-state index in [-0.39, 0.29) is 36.6 Å². The highest BCUT2D eigenvalue weighted by molar-refractivity contribution is 5.76. The van der Waals surface area contributed by atoms with Gasteiger partial charge in [0.25, 0.3) is 0 Å². The number of aromatic nitrogens is 4. The minimum Gasteiger partial charge on any atom is -0.361 e. The van der Waals surface area contributed by atoms with Gasteiger partial charge in [0.1, 0.15) is 5.76 Å². The number of carbonyl (C=O) groups excluding carboxylic acids is 1. The molecule has 8 nitrogen and oxygen atoms in total. The summed E-state index contributed by atoms with van der Waals surface area (Å²) in [6, 6.07) is 1.00. The molecule has 13 heteroatoms. The third-order valence-electron chi connectivity index (χ3n) is 8.03. The molecule has 5 rings (SSSR count). The molecule has 0 radical (unpaired) electrons. The van der Waals surface area contributed by atoms with Gasteiger partial charge in [-0.25, -0.2) is 18.3 Å². The van der Waals surface area contributed by atoms with Gasteiger partial charge in [0.15, 0.2) is 5.65 Å². The summed E-state index contributed by atoms with van der Waals surface area (Å²) in [5.41, 5.74) is 2.73. The molecule has 2 aliphatic rings.